The number of carbonyl (C=O) groups excluding carboxylic acids is 1. The van der Waals surface area contributed by atoms with Gasteiger partial charge in [0.15, 0.2) is 0 Å². The molecule has 1 aliphatic carbocycles. The molecule has 0 saturated carbocycles. The minimum absolute atomic E-state index is 0.0531. The zero-order valence-corrected chi connectivity index (χ0v) is 16.0. The van der Waals surface area contributed by atoms with E-state index in [1.165, 1.54) is 18.4 Å². The molecule has 0 spiro atoms. The van der Waals surface area contributed by atoms with Crippen LogP contribution in [-0.2, 0) is 30.7 Å². The first-order chi connectivity index (χ1) is 13.2. The number of piperidine rings is 1. The van der Waals surface area contributed by atoms with Gasteiger partial charge in [0, 0.05) is 35.7 Å². The number of nitrogens with one attached hydrogen (secondary N) is 2. The topological polar surface area (TPSA) is 84.7 Å². The van der Waals surface area contributed by atoms with Crippen molar-refractivity contribution in [2.45, 2.75) is 64.5 Å². The van der Waals surface area contributed by atoms with Crippen molar-refractivity contribution in [2.75, 3.05) is 13.1 Å². The summed E-state index contributed by atoms with van der Waals surface area (Å²) in [6.07, 6.45) is 8.59. The Labute approximate surface area is 160 Å². The number of hydrogen-bond donors (Lipinski definition) is 2. The number of aromatic nitrogens is 4. The summed E-state index contributed by atoms with van der Waals surface area (Å²) in [4.78, 5) is 21.7. The van der Waals surface area contributed by atoms with Gasteiger partial charge >= 0.3 is 0 Å². The lowest BCUT2D eigenvalue weighted by atomic mass is 9.95. The summed E-state index contributed by atoms with van der Waals surface area (Å²) >= 11 is 0. The Balaban J connectivity index is 1.37. The van der Waals surface area contributed by atoms with E-state index in [9.17, 15) is 4.79 Å². The Kier molecular flexibility index (Phi) is 5.48. The molecule has 2 aromatic heterocycles. The normalized spacial score (nSPS) is 19.5. The van der Waals surface area contributed by atoms with E-state index in [4.69, 9.17) is 0 Å². The van der Waals surface area contributed by atoms with Crippen molar-refractivity contribution in [3.05, 3.63) is 40.7 Å². The Morgan fingerprint density at radius 3 is 3.04 bits per heavy atom. The maximum atomic E-state index is 12.4. The predicted octanol–water partition coefficient (Wildman–Crippen LogP) is 1.64. The van der Waals surface area contributed by atoms with Gasteiger partial charge in [-0.05, 0) is 63.6 Å². The fourth-order valence-corrected chi connectivity index (χ4v) is 4.22. The second-order valence-electron chi connectivity index (χ2n) is 7.59. The molecule has 0 radical (unpaired) electrons. The highest BCUT2D eigenvalue weighted by Gasteiger charge is 2.20. The standard InChI is InChI=1S/C20H28N6O/c1-14-16-6-2-3-7-17(16)25-19(24-14)12-22-20(27)13-26-18(8-10-23-26)15-5-4-9-21-11-15/h8,10,15,21H,2-7,9,11-13H2,1H3,(H,22,27)/t15-/m1/s1. The molecule has 7 heteroatoms. The van der Waals surface area contributed by atoms with Crippen molar-refractivity contribution in [3.8, 4) is 0 Å². The summed E-state index contributed by atoms with van der Waals surface area (Å²) in [5.74, 6) is 1.09. The van der Waals surface area contributed by atoms with E-state index in [2.05, 4.69) is 25.7 Å². The van der Waals surface area contributed by atoms with Crippen LogP contribution in [-0.4, -0.2) is 38.7 Å². The lowest BCUT2D eigenvalue weighted by molar-refractivity contribution is -0.122. The Hall–Kier alpha value is -2.28. The molecule has 1 fully saturated rings. The van der Waals surface area contributed by atoms with Gasteiger partial charge in [-0.1, -0.05) is 0 Å². The molecule has 1 saturated heterocycles. The highest BCUT2D eigenvalue weighted by Crippen LogP contribution is 2.23. The van der Waals surface area contributed by atoms with Crippen LogP contribution >= 0.6 is 0 Å². The quantitative estimate of drug-likeness (QED) is 0.838. The number of carbonyl (C=O) groups is 1. The lowest BCUT2D eigenvalue weighted by Gasteiger charge is -2.23. The molecule has 0 aromatic carbocycles. The van der Waals surface area contributed by atoms with Crippen molar-refractivity contribution in [2.24, 2.45) is 0 Å². The zero-order chi connectivity index (χ0) is 18.6. The van der Waals surface area contributed by atoms with Crippen molar-refractivity contribution in [1.82, 2.24) is 30.4 Å². The number of aryl methyl sites for hydroxylation is 2. The molecule has 27 heavy (non-hydrogen) atoms. The Bertz CT molecular complexity index is 809. The number of nitrogens with zero attached hydrogens (tertiary/aromatic N) is 4. The summed E-state index contributed by atoms with van der Waals surface area (Å²) in [6.45, 7) is 4.68. The van der Waals surface area contributed by atoms with Crippen LogP contribution in [0.3, 0.4) is 0 Å². The van der Waals surface area contributed by atoms with Gasteiger partial charge in [-0.3, -0.25) is 9.48 Å². The minimum Gasteiger partial charge on any atom is -0.347 e. The first-order valence-corrected chi connectivity index (χ1v) is 10.0. The largest absolute Gasteiger partial charge is 0.347 e. The second kappa shape index (κ2) is 8.17. The highest BCUT2D eigenvalue weighted by atomic mass is 16.2. The monoisotopic (exact) mass is 368 g/mol. The fraction of sp³-hybridized carbons (Fsp3) is 0.600. The smallest absolute Gasteiger partial charge is 0.242 e. The van der Waals surface area contributed by atoms with Crippen molar-refractivity contribution >= 4 is 5.91 Å². The minimum atomic E-state index is -0.0531. The van der Waals surface area contributed by atoms with Gasteiger partial charge in [0.1, 0.15) is 12.4 Å². The molecule has 4 rings (SSSR count). The number of amides is 1. The molecule has 144 valence electrons. The predicted molar refractivity (Wildman–Crippen MR) is 102 cm³/mol. The molecule has 2 aromatic rings. The third-order valence-electron chi connectivity index (χ3n) is 5.64. The third-order valence-corrected chi connectivity index (χ3v) is 5.64. The molecule has 7 nitrogen and oxygen atoms in total. The Morgan fingerprint density at radius 1 is 1.30 bits per heavy atom. The molecule has 1 atom stereocenters. The van der Waals surface area contributed by atoms with Crippen LogP contribution in [0.5, 0.6) is 0 Å². The average Bonchev–Trinajstić information content (AvgIpc) is 3.15. The second-order valence-corrected chi connectivity index (χ2v) is 7.59. The van der Waals surface area contributed by atoms with Gasteiger partial charge in [0.05, 0.1) is 6.54 Å². The van der Waals surface area contributed by atoms with Gasteiger partial charge in [-0.25, -0.2) is 9.97 Å². The van der Waals surface area contributed by atoms with Gasteiger partial charge in [-0.15, -0.1) is 0 Å². The van der Waals surface area contributed by atoms with Gasteiger partial charge < -0.3 is 10.6 Å². The van der Waals surface area contributed by atoms with Crippen LogP contribution < -0.4 is 10.6 Å². The fourth-order valence-electron chi connectivity index (χ4n) is 4.22. The van der Waals surface area contributed by atoms with E-state index in [1.807, 2.05) is 17.7 Å². The van der Waals surface area contributed by atoms with Crippen LogP contribution in [0.1, 0.15) is 60.1 Å². The molecule has 0 bridgehead atoms. The summed E-state index contributed by atoms with van der Waals surface area (Å²) in [6, 6.07) is 2.03. The Morgan fingerprint density at radius 2 is 2.19 bits per heavy atom. The number of fused-ring (bicyclic) bond motifs is 1. The average molecular weight is 368 g/mol. The molecule has 2 aliphatic rings. The van der Waals surface area contributed by atoms with Crippen LogP contribution in [0, 0.1) is 6.92 Å². The van der Waals surface area contributed by atoms with Gasteiger partial charge in [-0.2, -0.15) is 5.10 Å². The summed E-state index contributed by atoms with van der Waals surface area (Å²) in [5, 5.41) is 10.7. The maximum Gasteiger partial charge on any atom is 0.242 e. The third kappa shape index (κ3) is 4.18. The zero-order valence-electron chi connectivity index (χ0n) is 16.0. The van der Waals surface area contributed by atoms with Crippen LogP contribution in [0.25, 0.3) is 0 Å². The van der Waals surface area contributed by atoms with Gasteiger partial charge in [0.25, 0.3) is 0 Å². The van der Waals surface area contributed by atoms with E-state index in [-0.39, 0.29) is 12.5 Å². The van der Waals surface area contributed by atoms with Crippen LogP contribution in [0.4, 0.5) is 0 Å². The van der Waals surface area contributed by atoms with E-state index in [0.717, 1.165) is 55.9 Å². The summed E-state index contributed by atoms with van der Waals surface area (Å²) in [5.41, 5.74) is 4.66. The summed E-state index contributed by atoms with van der Waals surface area (Å²) < 4.78 is 1.83. The number of rotatable bonds is 5. The first-order valence-electron chi connectivity index (χ1n) is 10.0. The van der Waals surface area contributed by atoms with Crippen molar-refractivity contribution in [3.63, 3.8) is 0 Å². The lowest BCUT2D eigenvalue weighted by Crippen LogP contribution is -2.32. The van der Waals surface area contributed by atoms with Crippen LogP contribution in [0.15, 0.2) is 12.3 Å². The molecular formula is C20H28N6O. The molecule has 1 amide bonds. The molecule has 1 aliphatic heterocycles. The van der Waals surface area contributed by atoms with E-state index >= 15 is 0 Å². The highest BCUT2D eigenvalue weighted by molar-refractivity contribution is 5.75. The maximum absolute atomic E-state index is 12.4. The molecule has 2 N–H and O–H groups in total. The SMILES string of the molecule is Cc1nc(CNC(=O)Cn2nccc2[C@@H]2CCCNC2)nc2c1CCCC2. The van der Waals surface area contributed by atoms with Crippen molar-refractivity contribution < 1.29 is 4.79 Å². The first kappa shape index (κ1) is 18.1. The van der Waals surface area contributed by atoms with E-state index in [0.29, 0.717) is 18.3 Å². The van der Waals surface area contributed by atoms with E-state index in [1.54, 1.807) is 6.20 Å². The number of hydrogen-bond acceptors (Lipinski definition) is 5. The van der Waals surface area contributed by atoms with E-state index < -0.39 is 0 Å². The van der Waals surface area contributed by atoms with Crippen LogP contribution in [0.2, 0.25) is 0 Å². The molecule has 0 unspecified atom stereocenters. The van der Waals surface area contributed by atoms with Gasteiger partial charge in [0.2, 0.25) is 5.91 Å². The van der Waals surface area contributed by atoms with Crippen molar-refractivity contribution in [1.29, 1.82) is 0 Å². The summed E-state index contributed by atoms with van der Waals surface area (Å²) in [7, 11) is 0. The molecular weight excluding hydrogens is 340 g/mol. The molecule has 3 heterocycles.